The van der Waals surface area contributed by atoms with Crippen LogP contribution in [0.15, 0.2) is 0 Å². The summed E-state index contributed by atoms with van der Waals surface area (Å²) in [5, 5.41) is 12.0. The fourth-order valence-electron chi connectivity index (χ4n) is 2.31. The van der Waals surface area contributed by atoms with Gasteiger partial charge in [0.25, 0.3) is 0 Å². The van der Waals surface area contributed by atoms with Gasteiger partial charge in [0.15, 0.2) is 0 Å². The lowest BCUT2D eigenvalue weighted by molar-refractivity contribution is -0.141. The Hall–Kier alpha value is -1.14. The van der Waals surface area contributed by atoms with Gasteiger partial charge in [-0.3, -0.25) is 9.59 Å². The summed E-state index contributed by atoms with van der Waals surface area (Å²) in [6.07, 6.45) is -0.0244. The third-order valence-corrected chi connectivity index (χ3v) is 3.34. The van der Waals surface area contributed by atoms with Crippen LogP contribution >= 0.6 is 0 Å². The van der Waals surface area contributed by atoms with Gasteiger partial charge in [-0.25, -0.2) is 0 Å². The Bertz CT molecular complexity index is 320. The lowest BCUT2D eigenvalue weighted by atomic mass is 10.0. The van der Waals surface area contributed by atoms with Gasteiger partial charge in [0.2, 0.25) is 5.91 Å². The van der Waals surface area contributed by atoms with E-state index < -0.39 is 5.97 Å². The van der Waals surface area contributed by atoms with Crippen LogP contribution in [0.1, 0.15) is 27.2 Å². The number of amides is 1. The van der Waals surface area contributed by atoms with Crippen LogP contribution in [0.3, 0.4) is 0 Å². The van der Waals surface area contributed by atoms with Crippen LogP contribution in [-0.2, 0) is 14.3 Å². The second kappa shape index (κ2) is 7.45. The van der Waals surface area contributed by atoms with Crippen LogP contribution in [0.25, 0.3) is 0 Å². The predicted octanol–water partition coefficient (Wildman–Crippen LogP) is 0.323. The molecule has 1 saturated heterocycles. The van der Waals surface area contributed by atoms with Gasteiger partial charge in [-0.15, -0.1) is 0 Å². The van der Waals surface area contributed by atoms with E-state index in [-0.39, 0.29) is 36.9 Å². The quantitative estimate of drug-likeness (QED) is 0.698. The van der Waals surface area contributed by atoms with Crippen LogP contribution in [0.2, 0.25) is 0 Å². The Morgan fingerprint density at radius 2 is 2.11 bits per heavy atom. The number of ether oxygens (including phenoxy) is 1. The number of aliphatic carboxylic acids is 1. The van der Waals surface area contributed by atoms with Crippen molar-refractivity contribution < 1.29 is 19.4 Å². The van der Waals surface area contributed by atoms with E-state index in [1.807, 2.05) is 20.8 Å². The fourth-order valence-corrected chi connectivity index (χ4v) is 2.31. The minimum atomic E-state index is -0.885. The van der Waals surface area contributed by atoms with Gasteiger partial charge in [-0.1, -0.05) is 6.92 Å². The van der Waals surface area contributed by atoms with Gasteiger partial charge < -0.3 is 20.1 Å². The fraction of sp³-hybridized carbons (Fsp3) is 0.846. The number of hydrogen-bond acceptors (Lipinski definition) is 4. The third-order valence-electron chi connectivity index (χ3n) is 3.34. The van der Waals surface area contributed by atoms with Crippen LogP contribution in [0.4, 0.5) is 0 Å². The van der Waals surface area contributed by atoms with Crippen molar-refractivity contribution in [3.63, 3.8) is 0 Å². The average Bonchev–Trinajstić information content (AvgIpc) is 2.76. The Morgan fingerprint density at radius 3 is 2.63 bits per heavy atom. The summed E-state index contributed by atoms with van der Waals surface area (Å²) in [5.41, 5.74) is 0. The number of carboxylic acids is 1. The molecule has 1 aliphatic rings. The molecule has 2 atom stereocenters. The maximum Gasteiger partial charge on any atom is 0.305 e. The van der Waals surface area contributed by atoms with Crippen molar-refractivity contribution >= 4 is 11.9 Å². The molecular weight excluding hydrogens is 248 g/mol. The third kappa shape index (κ3) is 4.47. The largest absolute Gasteiger partial charge is 0.481 e. The molecule has 1 heterocycles. The zero-order valence-corrected chi connectivity index (χ0v) is 11.9. The molecule has 0 aliphatic carbocycles. The first-order valence-corrected chi connectivity index (χ1v) is 6.80. The minimum absolute atomic E-state index is 0.00488. The van der Waals surface area contributed by atoms with Gasteiger partial charge in [0, 0.05) is 18.6 Å². The molecule has 6 heteroatoms. The van der Waals surface area contributed by atoms with Crippen molar-refractivity contribution in [1.82, 2.24) is 10.2 Å². The first-order chi connectivity index (χ1) is 8.97. The van der Waals surface area contributed by atoms with Crippen LogP contribution in [0.5, 0.6) is 0 Å². The SMILES string of the molecule is CCNC1COCC1C(=O)N(CCC(=O)O)C(C)C. The maximum absolute atomic E-state index is 12.5. The summed E-state index contributed by atoms with van der Waals surface area (Å²) in [7, 11) is 0. The molecule has 0 radical (unpaired) electrons. The number of rotatable bonds is 7. The van der Waals surface area contributed by atoms with Crippen molar-refractivity contribution in [2.45, 2.75) is 39.3 Å². The summed E-state index contributed by atoms with van der Waals surface area (Å²) in [5.74, 6) is -1.11. The van der Waals surface area contributed by atoms with E-state index in [1.54, 1.807) is 4.90 Å². The molecule has 0 bridgehead atoms. The van der Waals surface area contributed by atoms with Gasteiger partial charge in [0.1, 0.15) is 0 Å². The summed E-state index contributed by atoms with van der Waals surface area (Å²) in [6.45, 7) is 7.78. The normalized spacial score (nSPS) is 22.7. The smallest absolute Gasteiger partial charge is 0.305 e. The zero-order chi connectivity index (χ0) is 14.4. The van der Waals surface area contributed by atoms with Gasteiger partial charge in [0.05, 0.1) is 25.6 Å². The van der Waals surface area contributed by atoms with Crippen LogP contribution < -0.4 is 5.32 Å². The van der Waals surface area contributed by atoms with E-state index in [9.17, 15) is 9.59 Å². The topological polar surface area (TPSA) is 78.9 Å². The second-order valence-electron chi connectivity index (χ2n) is 5.08. The Morgan fingerprint density at radius 1 is 1.42 bits per heavy atom. The van der Waals surface area contributed by atoms with Crippen molar-refractivity contribution in [1.29, 1.82) is 0 Å². The first-order valence-electron chi connectivity index (χ1n) is 6.80. The van der Waals surface area contributed by atoms with Gasteiger partial charge in [-0.2, -0.15) is 0 Å². The van der Waals surface area contributed by atoms with Crippen molar-refractivity contribution in [3.05, 3.63) is 0 Å². The lowest BCUT2D eigenvalue weighted by Gasteiger charge is -2.30. The van der Waals surface area contributed by atoms with Crippen molar-refractivity contribution in [2.75, 3.05) is 26.3 Å². The molecule has 1 aliphatic heterocycles. The second-order valence-corrected chi connectivity index (χ2v) is 5.08. The monoisotopic (exact) mass is 272 g/mol. The molecule has 0 aromatic carbocycles. The highest BCUT2D eigenvalue weighted by Crippen LogP contribution is 2.18. The molecule has 0 spiro atoms. The molecule has 1 rings (SSSR count). The van der Waals surface area contributed by atoms with E-state index in [4.69, 9.17) is 9.84 Å². The highest BCUT2D eigenvalue weighted by atomic mass is 16.5. The van der Waals surface area contributed by atoms with E-state index in [2.05, 4.69) is 5.32 Å². The Kier molecular flexibility index (Phi) is 6.24. The van der Waals surface area contributed by atoms with Crippen molar-refractivity contribution in [2.24, 2.45) is 5.92 Å². The van der Waals surface area contributed by atoms with Crippen LogP contribution in [-0.4, -0.2) is 60.3 Å². The lowest BCUT2D eigenvalue weighted by Crippen LogP contribution is -2.48. The standard InChI is InChI=1S/C13H24N2O4/c1-4-14-11-8-19-7-10(11)13(18)15(9(2)3)6-5-12(16)17/h9-11,14H,4-8H2,1-3H3,(H,16,17). The number of nitrogens with one attached hydrogen (secondary N) is 1. The predicted molar refractivity (Wildman–Crippen MR) is 70.9 cm³/mol. The molecule has 1 amide bonds. The minimum Gasteiger partial charge on any atom is -0.481 e. The van der Waals surface area contributed by atoms with Crippen LogP contribution in [0, 0.1) is 5.92 Å². The molecule has 19 heavy (non-hydrogen) atoms. The van der Waals surface area contributed by atoms with Gasteiger partial charge >= 0.3 is 5.97 Å². The van der Waals surface area contributed by atoms with E-state index >= 15 is 0 Å². The molecule has 2 unspecified atom stereocenters. The number of likely N-dealkylation sites (N-methyl/N-ethyl adjacent to an activating group) is 1. The number of carbonyl (C=O) groups excluding carboxylic acids is 1. The van der Waals surface area contributed by atoms with E-state index in [1.165, 1.54) is 0 Å². The van der Waals surface area contributed by atoms with Gasteiger partial charge in [-0.05, 0) is 20.4 Å². The number of carboxylic acid groups (broad SMARTS) is 1. The molecule has 0 aromatic rings. The van der Waals surface area contributed by atoms with E-state index in [0.29, 0.717) is 13.2 Å². The maximum atomic E-state index is 12.5. The average molecular weight is 272 g/mol. The first kappa shape index (κ1) is 15.9. The summed E-state index contributed by atoms with van der Waals surface area (Å²) in [4.78, 5) is 24.8. The summed E-state index contributed by atoms with van der Waals surface area (Å²) >= 11 is 0. The Balaban J connectivity index is 2.67. The summed E-state index contributed by atoms with van der Waals surface area (Å²) < 4.78 is 5.37. The molecule has 110 valence electrons. The molecule has 6 nitrogen and oxygen atoms in total. The number of carbonyl (C=O) groups is 2. The van der Waals surface area contributed by atoms with Crippen molar-refractivity contribution in [3.8, 4) is 0 Å². The molecular formula is C13H24N2O4. The molecule has 0 aromatic heterocycles. The Labute approximate surface area is 114 Å². The highest BCUT2D eigenvalue weighted by Gasteiger charge is 2.36. The highest BCUT2D eigenvalue weighted by molar-refractivity contribution is 5.81. The molecule has 0 saturated carbocycles. The van der Waals surface area contributed by atoms with E-state index in [0.717, 1.165) is 6.54 Å². The summed E-state index contributed by atoms with van der Waals surface area (Å²) in [6, 6.07) is 0.0262. The zero-order valence-electron chi connectivity index (χ0n) is 11.9. The molecule has 1 fully saturated rings. The molecule has 2 N–H and O–H groups in total. The number of hydrogen-bond donors (Lipinski definition) is 2. The number of nitrogens with zero attached hydrogens (tertiary/aromatic N) is 1.